The van der Waals surface area contributed by atoms with E-state index in [1.807, 2.05) is 0 Å². The molecule has 0 aliphatic carbocycles. The van der Waals surface area contributed by atoms with Crippen LogP contribution in [-0.2, 0) is 0 Å². The molecule has 0 saturated heterocycles. The Morgan fingerprint density at radius 3 is 1.36 bits per heavy atom. The molecule has 0 radical (unpaired) electrons. The summed E-state index contributed by atoms with van der Waals surface area (Å²) < 4.78 is 292. The van der Waals surface area contributed by atoms with E-state index in [2.05, 4.69) is 0 Å². The molecule has 0 amide bonds. The Labute approximate surface area is 336 Å². The second-order valence-electron chi connectivity index (χ2n) is 10.8. The standard InChI is InChI=1S/C50H32/c1-2-15-36-30-40(27-26-33(36)12-1)50-46-23-8-7-22-45(46)49(39-19-9-18-37(31-39)43-24-10-16-34-13-3-5-20-41(34)43)47-29-28-38(32-48(47)50)44-25-11-17-35-14-4-6-21-42(35)44/h1-32H/i1D,2D,3D,4D,5D,6D,7D,8D,9D,10D,11D,12D,13D,14D,15D,16D,17D,18D,19D,20D,21D,22D,23D,24D,25D,26D,27D,28D,29D,30D,31D,32D. The number of benzene rings is 10. The summed E-state index contributed by atoms with van der Waals surface area (Å²) in [5, 5.41) is -7.94. The van der Waals surface area contributed by atoms with Crippen molar-refractivity contribution in [2.75, 3.05) is 0 Å². The summed E-state index contributed by atoms with van der Waals surface area (Å²) in [4.78, 5) is 0. The van der Waals surface area contributed by atoms with Gasteiger partial charge in [0, 0.05) is 0 Å². The Morgan fingerprint density at radius 1 is 0.240 bits per heavy atom. The van der Waals surface area contributed by atoms with Gasteiger partial charge in [-0.25, -0.2) is 0 Å². The molecule has 0 bridgehead atoms. The first-order chi connectivity index (χ1) is 38.1. The summed E-state index contributed by atoms with van der Waals surface area (Å²) in [5.41, 5.74) is -7.40. The lowest BCUT2D eigenvalue weighted by atomic mass is 9.83. The van der Waals surface area contributed by atoms with Crippen LogP contribution >= 0.6 is 0 Å². The van der Waals surface area contributed by atoms with Crippen LogP contribution in [0.3, 0.4) is 0 Å². The number of hydrogen-bond donors (Lipinski definition) is 0. The molecule has 10 aromatic rings. The third-order valence-corrected chi connectivity index (χ3v) is 8.00. The molecule has 0 atom stereocenters. The summed E-state index contributed by atoms with van der Waals surface area (Å²) in [6.07, 6.45) is 0. The van der Waals surface area contributed by atoms with Crippen molar-refractivity contribution in [2.45, 2.75) is 0 Å². The Kier molecular flexibility index (Phi) is 2.55. The van der Waals surface area contributed by atoms with Crippen molar-refractivity contribution >= 4 is 53.9 Å². The van der Waals surface area contributed by atoms with Gasteiger partial charge in [0.15, 0.2) is 0 Å². The summed E-state index contributed by atoms with van der Waals surface area (Å²) in [7, 11) is 0. The summed E-state index contributed by atoms with van der Waals surface area (Å²) in [6, 6.07) is -33.0. The molecule has 0 fully saturated rings. The Morgan fingerprint density at radius 2 is 0.680 bits per heavy atom. The molecule has 0 heterocycles. The average molecular weight is 665 g/mol. The maximum absolute atomic E-state index is 10.3. The molecule has 10 aromatic carbocycles. The molecule has 50 heavy (non-hydrogen) atoms. The first-order valence-electron chi connectivity index (χ1n) is 30.8. The van der Waals surface area contributed by atoms with Gasteiger partial charge < -0.3 is 0 Å². The molecule has 0 nitrogen and oxygen atoms in total. The van der Waals surface area contributed by atoms with E-state index in [1.165, 1.54) is 0 Å². The molecule has 0 aromatic heterocycles. The van der Waals surface area contributed by atoms with Crippen LogP contribution < -0.4 is 0 Å². The quantitative estimate of drug-likeness (QED) is 0.164. The third-order valence-electron chi connectivity index (χ3n) is 8.00. The van der Waals surface area contributed by atoms with Crippen LogP contribution in [0.25, 0.3) is 98.4 Å². The maximum Gasteiger partial charge on any atom is 0.0636 e. The highest BCUT2D eigenvalue weighted by atomic mass is 14.2. The second kappa shape index (κ2) is 11.6. The van der Waals surface area contributed by atoms with Crippen molar-refractivity contribution in [1.29, 1.82) is 0 Å². The molecule has 0 aliphatic heterocycles. The lowest BCUT2D eigenvalue weighted by Crippen LogP contribution is -1.92. The van der Waals surface area contributed by atoms with Crippen molar-refractivity contribution < 1.29 is 43.9 Å². The van der Waals surface area contributed by atoms with E-state index in [0.717, 1.165) is 0 Å². The van der Waals surface area contributed by atoms with Gasteiger partial charge in [-0.15, -0.1) is 0 Å². The molecular weight excluding hydrogens is 601 g/mol. The topological polar surface area (TPSA) is 0 Å². The van der Waals surface area contributed by atoms with Gasteiger partial charge >= 0.3 is 0 Å². The molecule has 0 saturated carbocycles. The van der Waals surface area contributed by atoms with Crippen LogP contribution in [0.5, 0.6) is 0 Å². The van der Waals surface area contributed by atoms with E-state index >= 15 is 0 Å². The highest BCUT2D eigenvalue weighted by molar-refractivity contribution is 6.22. The zero-order chi connectivity index (χ0) is 60.9. The minimum atomic E-state index is -1.22. The highest BCUT2D eigenvalue weighted by Gasteiger charge is 2.19. The lowest BCUT2D eigenvalue weighted by molar-refractivity contribution is 1.63. The number of hydrogen-bond acceptors (Lipinski definition) is 0. The third kappa shape index (κ3) is 4.61. The molecule has 0 unspecified atom stereocenters. The zero-order valence-electron chi connectivity index (χ0n) is 57.0. The molecule has 0 spiro atoms. The number of fused-ring (bicyclic) bond motifs is 5. The van der Waals surface area contributed by atoms with E-state index < -0.39 is 292 Å². The molecule has 0 aliphatic rings. The first-order valence-corrected chi connectivity index (χ1v) is 14.8. The van der Waals surface area contributed by atoms with Crippen molar-refractivity contribution in [1.82, 2.24) is 0 Å². The predicted molar refractivity (Wildman–Crippen MR) is 216 cm³/mol. The fourth-order valence-corrected chi connectivity index (χ4v) is 5.84. The molecule has 232 valence electrons. The monoisotopic (exact) mass is 664 g/mol. The van der Waals surface area contributed by atoms with E-state index in [4.69, 9.17) is 26.0 Å². The van der Waals surface area contributed by atoms with Gasteiger partial charge in [0.25, 0.3) is 0 Å². The predicted octanol–water partition coefficient (Wildman–Crippen LogP) is 14.1. The fourth-order valence-electron chi connectivity index (χ4n) is 5.84. The SMILES string of the molecule is [2H]c1c([2H])c(-c2c([2H])c([2H])c([2H])c3c([2H])c([2H])c([2H])c([2H])c23)c([2H])c(-c2c3c([2H])c([2H])c([2H])c([2H])c3c(-c3c([2H])c([2H])c4c([2H])c([2H])c([2H])c([2H])c4c3[2H])c3c([2H])c(-c4c([2H])c([2H])c([2H])c5c([2H])c([2H])c([2H])c([2H])c45)c([2H])c([2H])c23)c1[2H]. The van der Waals surface area contributed by atoms with Gasteiger partial charge in [0.2, 0.25) is 0 Å². The molecule has 0 N–H and O–H groups in total. The van der Waals surface area contributed by atoms with Gasteiger partial charge in [0.05, 0.1) is 43.9 Å². The normalized spacial score (nSPS) is 20.6. The minimum Gasteiger partial charge on any atom is -0.0616 e. The van der Waals surface area contributed by atoms with Crippen molar-refractivity contribution in [3.63, 3.8) is 0 Å². The van der Waals surface area contributed by atoms with Crippen molar-refractivity contribution in [3.8, 4) is 44.5 Å². The first kappa shape index (κ1) is 11.0. The van der Waals surface area contributed by atoms with Crippen LogP contribution in [-0.4, -0.2) is 0 Å². The van der Waals surface area contributed by atoms with Gasteiger partial charge in [-0.1, -0.05) is 175 Å². The molecular formula is C50H32. The smallest absolute Gasteiger partial charge is 0.0616 e. The Hall–Kier alpha value is -6.50. The van der Waals surface area contributed by atoms with Gasteiger partial charge in [-0.05, 0) is 116 Å². The van der Waals surface area contributed by atoms with E-state index in [1.54, 1.807) is 0 Å². The number of rotatable bonds is 4. The van der Waals surface area contributed by atoms with Crippen LogP contribution in [0.4, 0.5) is 0 Å². The van der Waals surface area contributed by atoms with Crippen molar-refractivity contribution in [2.24, 2.45) is 0 Å². The van der Waals surface area contributed by atoms with E-state index in [9.17, 15) is 17.8 Å². The molecule has 10 rings (SSSR count). The Bertz CT molecular complexity index is 4740. The van der Waals surface area contributed by atoms with E-state index in [0.29, 0.717) is 0 Å². The summed E-state index contributed by atoms with van der Waals surface area (Å²) in [6.45, 7) is 0. The largest absolute Gasteiger partial charge is 0.0636 e. The summed E-state index contributed by atoms with van der Waals surface area (Å²) in [5.74, 6) is 0. The maximum atomic E-state index is 10.3. The second-order valence-corrected chi connectivity index (χ2v) is 10.8. The van der Waals surface area contributed by atoms with Crippen LogP contribution in [0, 0.1) is 0 Å². The summed E-state index contributed by atoms with van der Waals surface area (Å²) >= 11 is 0. The highest BCUT2D eigenvalue weighted by Crippen LogP contribution is 2.46. The van der Waals surface area contributed by atoms with Gasteiger partial charge in [-0.3, -0.25) is 0 Å². The van der Waals surface area contributed by atoms with Crippen LogP contribution in [0.15, 0.2) is 193 Å². The minimum absolute atomic E-state index is 0.677. The molecule has 0 heteroatoms. The van der Waals surface area contributed by atoms with Crippen LogP contribution in [0.2, 0.25) is 0 Å². The van der Waals surface area contributed by atoms with Gasteiger partial charge in [-0.2, -0.15) is 0 Å². The lowest BCUT2D eigenvalue weighted by Gasteiger charge is -2.20. The van der Waals surface area contributed by atoms with Gasteiger partial charge in [0.1, 0.15) is 0 Å². The van der Waals surface area contributed by atoms with Crippen molar-refractivity contribution in [3.05, 3.63) is 193 Å². The van der Waals surface area contributed by atoms with E-state index in [-0.39, 0.29) is 0 Å². The average Bonchev–Trinajstić information content (AvgIpc) is 2.38. The van der Waals surface area contributed by atoms with Crippen LogP contribution in [0.1, 0.15) is 43.9 Å². The Balaban J connectivity index is 1.59. The fraction of sp³-hybridized carbons (Fsp3) is 0. The zero-order valence-corrected chi connectivity index (χ0v) is 25.0.